The Kier molecular flexibility index (Phi) is 5.80. The molecule has 0 saturated carbocycles. The number of rotatable bonds is 5. The fourth-order valence-corrected chi connectivity index (χ4v) is 3.03. The number of ether oxygens (including phenoxy) is 1. The van der Waals surface area contributed by atoms with Gasteiger partial charge >= 0.3 is 6.03 Å². The number of benzene rings is 1. The van der Waals surface area contributed by atoms with Gasteiger partial charge in [0.25, 0.3) is 0 Å². The average Bonchev–Trinajstić information content (AvgIpc) is 2.61. The molecular formula is C19H27N5O2. The van der Waals surface area contributed by atoms with Crippen molar-refractivity contribution in [2.75, 3.05) is 51.3 Å². The molecule has 2 heterocycles. The second-order valence-corrected chi connectivity index (χ2v) is 6.65. The molecule has 2 fully saturated rings. The number of hydrogen-bond acceptors (Lipinski definition) is 5. The second-order valence-electron chi connectivity index (χ2n) is 6.65. The van der Waals surface area contributed by atoms with E-state index in [1.165, 1.54) is 0 Å². The maximum absolute atomic E-state index is 12.4. The predicted octanol–water partition coefficient (Wildman–Crippen LogP) is 1.16. The SMILES string of the molecule is C=C(NC(=O)N1CCN(C2COC2)CC1)/C(N)=C\N(C)c1ccccc1. The number of para-hydroxylation sites is 1. The van der Waals surface area contributed by atoms with Crippen LogP contribution in [0.25, 0.3) is 0 Å². The monoisotopic (exact) mass is 357 g/mol. The highest BCUT2D eigenvalue weighted by atomic mass is 16.5. The highest BCUT2D eigenvalue weighted by molar-refractivity contribution is 5.77. The quantitative estimate of drug-likeness (QED) is 0.774. The molecule has 26 heavy (non-hydrogen) atoms. The van der Waals surface area contributed by atoms with E-state index in [1.54, 1.807) is 11.1 Å². The molecule has 0 unspecified atom stereocenters. The van der Waals surface area contributed by atoms with Crippen molar-refractivity contribution in [2.24, 2.45) is 5.73 Å². The molecule has 7 nitrogen and oxygen atoms in total. The number of piperazine rings is 1. The Balaban J connectivity index is 1.49. The topological polar surface area (TPSA) is 74.1 Å². The molecule has 140 valence electrons. The van der Waals surface area contributed by atoms with Crippen LogP contribution in [-0.2, 0) is 4.74 Å². The summed E-state index contributed by atoms with van der Waals surface area (Å²) >= 11 is 0. The van der Waals surface area contributed by atoms with Crippen LogP contribution in [0.2, 0.25) is 0 Å². The van der Waals surface area contributed by atoms with Crippen molar-refractivity contribution in [3.8, 4) is 0 Å². The lowest BCUT2D eigenvalue weighted by Crippen LogP contribution is -2.58. The molecule has 1 aromatic carbocycles. The number of anilines is 1. The highest BCUT2D eigenvalue weighted by Crippen LogP contribution is 2.15. The van der Waals surface area contributed by atoms with Gasteiger partial charge in [-0.25, -0.2) is 4.79 Å². The Morgan fingerprint density at radius 3 is 2.50 bits per heavy atom. The maximum atomic E-state index is 12.4. The third-order valence-corrected chi connectivity index (χ3v) is 4.84. The van der Waals surface area contributed by atoms with Crippen LogP contribution in [0.15, 0.2) is 54.5 Å². The standard InChI is InChI=1S/C19H27N5O2/c1-15(18(20)12-22(2)16-6-4-3-5-7-16)21-19(25)24-10-8-23(9-11-24)17-13-26-14-17/h3-7,12,17H,1,8-11,13-14,20H2,2H3,(H,21,25)/b18-12+. The van der Waals surface area contributed by atoms with Crippen molar-refractivity contribution in [3.05, 3.63) is 54.5 Å². The number of nitrogens with zero attached hydrogens (tertiary/aromatic N) is 3. The Hall–Kier alpha value is -2.51. The van der Waals surface area contributed by atoms with E-state index in [0.717, 1.165) is 32.0 Å². The molecule has 0 spiro atoms. The molecule has 2 saturated heterocycles. The van der Waals surface area contributed by atoms with Gasteiger partial charge in [-0.3, -0.25) is 4.90 Å². The lowest BCUT2D eigenvalue weighted by molar-refractivity contribution is -0.0739. The van der Waals surface area contributed by atoms with Gasteiger partial charge in [0, 0.05) is 45.1 Å². The van der Waals surface area contributed by atoms with Gasteiger partial charge < -0.3 is 25.6 Å². The number of nitrogens with one attached hydrogen (secondary N) is 1. The molecule has 0 aromatic heterocycles. The maximum Gasteiger partial charge on any atom is 0.321 e. The summed E-state index contributed by atoms with van der Waals surface area (Å²) in [5.74, 6) is 0. The molecule has 2 aliphatic heterocycles. The Bertz CT molecular complexity index is 664. The summed E-state index contributed by atoms with van der Waals surface area (Å²) in [6.45, 7) is 8.64. The van der Waals surface area contributed by atoms with Crippen LogP contribution in [-0.4, -0.2) is 68.3 Å². The third kappa shape index (κ3) is 4.36. The van der Waals surface area contributed by atoms with Crippen LogP contribution in [0, 0.1) is 0 Å². The van der Waals surface area contributed by atoms with E-state index in [9.17, 15) is 4.79 Å². The minimum Gasteiger partial charge on any atom is -0.396 e. The summed E-state index contributed by atoms with van der Waals surface area (Å²) in [4.78, 5) is 18.5. The number of urea groups is 1. The Morgan fingerprint density at radius 2 is 1.92 bits per heavy atom. The van der Waals surface area contributed by atoms with Crippen LogP contribution in [0.5, 0.6) is 0 Å². The molecule has 0 aliphatic carbocycles. The predicted molar refractivity (Wildman–Crippen MR) is 103 cm³/mol. The van der Waals surface area contributed by atoms with E-state index in [-0.39, 0.29) is 6.03 Å². The van der Waals surface area contributed by atoms with E-state index >= 15 is 0 Å². The molecule has 2 amide bonds. The summed E-state index contributed by atoms with van der Waals surface area (Å²) < 4.78 is 5.23. The fourth-order valence-electron chi connectivity index (χ4n) is 3.03. The van der Waals surface area contributed by atoms with Gasteiger partial charge in [-0.15, -0.1) is 0 Å². The van der Waals surface area contributed by atoms with Crippen molar-refractivity contribution in [1.29, 1.82) is 0 Å². The average molecular weight is 357 g/mol. The smallest absolute Gasteiger partial charge is 0.321 e. The minimum atomic E-state index is -0.154. The van der Waals surface area contributed by atoms with Gasteiger partial charge in [-0.2, -0.15) is 0 Å². The van der Waals surface area contributed by atoms with Crippen LogP contribution in [0.4, 0.5) is 10.5 Å². The molecule has 0 atom stereocenters. The lowest BCUT2D eigenvalue weighted by Gasteiger charge is -2.42. The van der Waals surface area contributed by atoms with Crippen LogP contribution in [0.1, 0.15) is 0 Å². The first-order valence-electron chi connectivity index (χ1n) is 8.87. The van der Waals surface area contributed by atoms with E-state index < -0.39 is 0 Å². The summed E-state index contributed by atoms with van der Waals surface area (Å²) in [5.41, 5.74) is 7.93. The number of hydrogen-bond donors (Lipinski definition) is 2. The van der Waals surface area contributed by atoms with Crippen molar-refractivity contribution in [3.63, 3.8) is 0 Å². The largest absolute Gasteiger partial charge is 0.396 e. The van der Waals surface area contributed by atoms with Crippen molar-refractivity contribution in [2.45, 2.75) is 6.04 Å². The van der Waals surface area contributed by atoms with Crippen molar-refractivity contribution in [1.82, 2.24) is 15.1 Å². The number of carbonyl (C=O) groups excluding carboxylic acids is 1. The molecule has 0 radical (unpaired) electrons. The van der Waals surface area contributed by atoms with Gasteiger partial charge in [-0.05, 0) is 12.1 Å². The Labute approximate surface area is 154 Å². The summed E-state index contributed by atoms with van der Waals surface area (Å²) in [5, 5.41) is 2.81. The van der Waals surface area contributed by atoms with Gasteiger partial charge in [0.15, 0.2) is 0 Å². The molecule has 3 rings (SSSR count). The van der Waals surface area contributed by atoms with E-state index in [0.29, 0.717) is 30.5 Å². The zero-order chi connectivity index (χ0) is 18.5. The molecule has 7 heteroatoms. The number of amides is 2. The summed E-state index contributed by atoms with van der Waals surface area (Å²) in [7, 11) is 1.90. The lowest BCUT2D eigenvalue weighted by atomic mass is 10.2. The third-order valence-electron chi connectivity index (χ3n) is 4.84. The fraction of sp³-hybridized carbons (Fsp3) is 0.421. The van der Waals surface area contributed by atoms with Crippen LogP contribution < -0.4 is 16.0 Å². The zero-order valence-corrected chi connectivity index (χ0v) is 15.2. The summed E-state index contributed by atoms with van der Waals surface area (Å²) in [6, 6.07) is 10.2. The number of nitrogens with two attached hydrogens (primary N) is 1. The second kappa shape index (κ2) is 8.25. The molecule has 3 N–H and O–H groups in total. The number of carbonyl (C=O) groups is 1. The van der Waals surface area contributed by atoms with Gasteiger partial charge in [0.2, 0.25) is 0 Å². The first-order valence-corrected chi connectivity index (χ1v) is 8.87. The first-order chi connectivity index (χ1) is 12.5. The summed E-state index contributed by atoms with van der Waals surface area (Å²) in [6.07, 6.45) is 1.76. The van der Waals surface area contributed by atoms with Crippen molar-refractivity contribution < 1.29 is 9.53 Å². The molecule has 0 bridgehead atoms. The van der Waals surface area contributed by atoms with Crippen molar-refractivity contribution >= 4 is 11.7 Å². The molecular weight excluding hydrogens is 330 g/mol. The first kappa shape index (κ1) is 18.3. The van der Waals surface area contributed by atoms with Crippen LogP contribution in [0.3, 0.4) is 0 Å². The normalized spacial score (nSPS) is 19.0. The molecule has 1 aromatic rings. The van der Waals surface area contributed by atoms with Crippen LogP contribution >= 0.6 is 0 Å². The zero-order valence-electron chi connectivity index (χ0n) is 15.2. The van der Waals surface area contributed by atoms with Gasteiger partial charge in [0.05, 0.1) is 30.6 Å². The minimum absolute atomic E-state index is 0.154. The molecule has 2 aliphatic rings. The Morgan fingerprint density at radius 1 is 1.27 bits per heavy atom. The highest BCUT2D eigenvalue weighted by Gasteiger charge is 2.30. The van der Waals surface area contributed by atoms with Gasteiger partial charge in [-0.1, -0.05) is 24.8 Å². The van der Waals surface area contributed by atoms with Gasteiger partial charge in [0.1, 0.15) is 0 Å². The van der Waals surface area contributed by atoms with E-state index in [1.807, 2.05) is 42.3 Å². The van der Waals surface area contributed by atoms with E-state index in [4.69, 9.17) is 10.5 Å². The van der Waals surface area contributed by atoms with E-state index in [2.05, 4.69) is 16.8 Å².